The van der Waals surface area contributed by atoms with Crippen molar-refractivity contribution >= 4 is 16.9 Å². The third-order valence-electron chi connectivity index (χ3n) is 6.66. The van der Waals surface area contributed by atoms with Crippen LogP contribution in [0.25, 0.3) is 11.0 Å². The molecular formula is C30H35N3O5. The maximum Gasteiger partial charge on any atom is 0.251 e. The van der Waals surface area contributed by atoms with Crippen LogP contribution in [-0.2, 0) is 13.1 Å². The smallest absolute Gasteiger partial charge is 0.251 e. The Balaban J connectivity index is 1.43. The van der Waals surface area contributed by atoms with Gasteiger partial charge in [0.2, 0.25) is 5.75 Å². The molecule has 3 aromatic carbocycles. The number of amides is 1. The Bertz CT molecular complexity index is 1390. The van der Waals surface area contributed by atoms with Gasteiger partial charge in [0.05, 0.1) is 45.5 Å². The van der Waals surface area contributed by atoms with E-state index in [1.54, 1.807) is 12.1 Å². The van der Waals surface area contributed by atoms with Gasteiger partial charge in [-0.15, -0.1) is 0 Å². The van der Waals surface area contributed by atoms with Gasteiger partial charge in [-0.2, -0.15) is 0 Å². The van der Waals surface area contributed by atoms with Crippen molar-refractivity contribution in [2.24, 2.45) is 0 Å². The number of carbonyl (C=O) groups is 1. The molecule has 0 aliphatic heterocycles. The SMILES string of the molecule is COc1cc(C(=O)NCc2nc3ccccc3n2CCCCOc2cccc(C)c2C)cc(OC)c1OC. The summed E-state index contributed by atoms with van der Waals surface area (Å²) in [7, 11) is 4.57. The monoisotopic (exact) mass is 517 g/mol. The van der Waals surface area contributed by atoms with E-state index >= 15 is 0 Å². The summed E-state index contributed by atoms with van der Waals surface area (Å²) in [5, 5.41) is 2.99. The van der Waals surface area contributed by atoms with Crippen molar-refractivity contribution in [2.45, 2.75) is 39.8 Å². The summed E-state index contributed by atoms with van der Waals surface area (Å²) in [6.07, 6.45) is 1.82. The normalized spacial score (nSPS) is 10.9. The second kappa shape index (κ2) is 12.4. The Labute approximate surface area is 223 Å². The number of ether oxygens (including phenoxy) is 4. The fourth-order valence-corrected chi connectivity index (χ4v) is 4.42. The van der Waals surface area contributed by atoms with E-state index in [0.717, 1.165) is 42.0 Å². The predicted molar refractivity (Wildman–Crippen MR) is 148 cm³/mol. The molecule has 1 amide bonds. The van der Waals surface area contributed by atoms with E-state index in [1.807, 2.05) is 30.3 Å². The number of unbranched alkanes of at least 4 members (excludes halogenated alkanes) is 1. The van der Waals surface area contributed by atoms with Crippen LogP contribution in [0.1, 0.15) is 40.2 Å². The zero-order chi connectivity index (χ0) is 27.1. The van der Waals surface area contributed by atoms with E-state index in [0.29, 0.717) is 29.4 Å². The van der Waals surface area contributed by atoms with Gasteiger partial charge in [0.15, 0.2) is 11.5 Å². The molecule has 0 radical (unpaired) electrons. The Morgan fingerprint density at radius 2 is 1.63 bits per heavy atom. The summed E-state index contributed by atoms with van der Waals surface area (Å²) in [4.78, 5) is 17.8. The molecule has 0 fully saturated rings. The molecule has 0 atom stereocenters. The van der Waals surface area contributed by atoms with Crippen molar-refractivity contribution in [3.05, 3.63) is 77.1 Å². The second-order valence-electron chi connectivity index (χ2n) is 9.02. The number of methoxy groups -OCH3 is 3. The predicted octanol–water partition coefficient (Wildman–Crippen LogP) is 5.47. The van der Waals surface area contributed by atoms with E-state index in [-0.39, 0.29) is 12.5 Å². The number of fused-ring (bicyclic) bond motifs is 1. The number of nitrogens with zero attached hydrogens (tertiary/aromatic N) is 2. The van der Waals surface area contributed by atoms with Crippen LogP contribution in [0.4, 0.5) is 0 Å². The third kappa shape index (κ3) is 5.85. The van der Waals surface area contributed by atoms with Crippen molar-refractivity contribution in [2.75, 3.05) is 27.9 Å². The Morgan fingerprint density at radius 1 is 0.895 bits per heavy atom. The lowest BCUT2D eigenvalue weighted by atomic mass is 10.1. The molecule has 200 valence electrons. The number of hydrogen-bond acceptors (Lipinski definition) is 6. The first-order valence-corrected chi connectivity index (χ1v) is 12.7. The van der Waals surface area contributed by atoms with Crippen LogP contribution in [0, 0.1) is 13.8 Å². The fourth-order valence-electron chi connectivity index (χ4n) is 4.42. The highest BCUT2D eigenvalue weighted by Crippen LogP contribution is 2.38. The Morgan fingerprint density at radius 3 is 2.34 bits per heavy atom. The fraction of sp³-hybridized carbons (Fsp3) is 0.333. The number of carbonyl (C=O) groups excluding carboxylic acids is 1. The average Bonchev–Trinajstić information content (AvgIpc) is 3.30. The molecule has 8 heteroatoms. The summed E-state index contributed by atoms with van der Waals surface area (Å²) in [5.74, 6) is 2.76. The summed E-state index contributed by atoms with van der Waals surface area (Å²) in [6, 6.07) is 17.4. The molecule has 0 saturated heterocycles. The minimum Gasteiger partial charge on any atom is -0.493 e. The number of nitrogens with one attached hydrogen (secondary N) is 1. The lowest BCUT2D eigenvalue weighted by Crippen LogP contribution is -2.25. The molecule has 1 N–H and O–H groups in total. The highest BCUT2D eigenvalue weighted by atomic mass is 16.5. The van der Waals surface area contributed by atoms with Crippen LogP contribution >= 0.6 is 0 Å². The van der Waals surface area contributed by atoms with Gasteiger partial charge >= 0.3 is 0 Å². The van der Waals surface area contributed by atoms with E-state index < -0.39 is 0 Å². The standard InChI is InChI=1S/C30H35N3O5/c1-20-11-10-14-25(21(20)2)38-16-9-8-15-33-24-13-7-6-12-23(24)32-28(33)19-31-30(34)22-17-26(35-3)29(37-5)27(18-22)36-4/h6-7,10-14,17-18H,8-9,15-16,19H2,1-5H3,(H,31,34). The van der Waals surface area contributed by atoms with Crippen LogP contribution in [0.5, 0.6) is 23.0 Å². The molecule has 4 aromatic rings. The van der Waals surface area contributed by atoms with Crippen molar-refractivity contribution in [3.63, 3.8) is 0 Å². The molecule has 0 bridgehead atoms. The quantitative estimate of drug-likeness (QED) is 0.251. The van der Waals surface area contributed by atoms with Gasteiger partial charge in [0.1, 0.15) is 11.6 Å². The van der Waals surface area contributed by atoms with Crippen LogP contribution < -0.4 is 24.3 Å². The molecule has 1 heterocycles. The number of imidazole rings is 1. The molecule has 38 heavy (non-hydrogen) atoms. The van der Waals surface area contributed by atoms with Gasteiger partial charge < -0.3 is 28.8 Å². The zero-order valence-corrected chi connectivity index (χ0v) is 22.7. The molecular weight excluding hydrogens is 482 g/mol. The van der Waals surface area contributed by atoms with Gasteiger partial charge in [-0.05, 0) is 68.1 Å². The first-order valence-electron chi connectivity index (χ1n) is 12.7. The molecule has 4 rings (SSSR count). The molecule has 0 spiro atoms. The molecule has 0 aliphatic rings. The van der Waals surface area contributed by atoms with Crippen molar-refractivity contribution in [1.82, 2.24) is 14.9 Å². The maximum absolute atomic E-state index is 13.0. The van der Waals surface area contributed by atoms with Gasteiger partial charge in [-0.1, -0.05) is 24.3 Å². The molecule has 1 aromatic heterocycles. The number of rotatable bonds is 12. The molecule has 8 nitrogen and oxygen atoms in total. The lowest BCUT2D eigenvalue weighted by Gasteiger charge is -2.14. The van der Waals surface area contributed by atoms with Gasteiger partial charge in [-0.25, -0.2) is 4.98 Å². The maximum atomic E-state index is 13.0. The average molecular weight is 518 g/mol. The van der Waals surface area contributed by atoms with Crippen molar-refractivity contribution in [3.8, 4) is 23.0 Å². The molecule has 0 unspecified atom stereocenters. The van der Waals surface area contributed by atoms with E-state index in [1.165, 1.54) is 32.5 Å². The van der Waals surface area contributed by atoms with Crippen LogP contribution in [0.3, 0.4) is 0 Å². The first-order chi connectivity index (χ1) is 18.5. The third-order valence-corrected chi connectivity index (χ3v) is 6.66. The lowest BCUT2D eigenvalue weighted by molar-refractivity contribution is 0.0948. The van der Waals surface area contributed by atoms with Crippen molar-refractivity contribution in [1.29, 1.82) is 0 Å². The van der Waals surface area contributed by atoms with E-state index in [9.17, 15) is 4.79 Å². The summed E-state index contributed by atoms with van der Waals surface area (Å²) < 4.78 is 24.3. The zero-order valence-electron chi connectivity index (χ0n) is 22.7. The molecule has 0 aliphatic carbocycles. The number of para-hydroxylation sites is 2. The number of aryl methyl sites for hydroxylation is 2. The highest BCUT2D eigenvalue weighted by molar-refractivity contribution is 5.95. The van der Waals surface area contributed by atoms with Crippen LogP contribution in [0.2, 0.25) is 0 Å². The van der Waals surface area contributed by atoms with Gasteiger partial charge in [0.25, 0.3) is 5.91 Å². The largest absolute Gasteiger partial charge is 0.493 e. The Hall–Kier alpha value is -4.20. The Kier molecular flexibility index (Phi) is 8.73. The van der Waals surface area contributed by atoms with Crippen molar-refractivity contribution < 1.29 is 23.7 Å². The minimum absolute atomic E-state index is 0.259. The molecule has 0 saturated carbocycles. The number of hydrogen-bond donors (Lipinski definition) is 1. The topological polar surface area (TPSA) is 83.8 Å². The first kappa shape index (κ1) is 26.9. The van der Waals surface area contributed by atoms with Gasteiger partial charge in [0, 0.05) is 12.1 Å². The van der Waals surface area contributed by atoms with Gasteiger partial charge in [-0.3, -0.25) is 4.79 Å². The van der Waals surface area contributed by atoms with E-state index in [4.69, 9.17) is 23.9 Å². The summed E-state index contributed by atoms with van der Waals surface area (Å²) in [6.45, 7) is 5.87. The van der Waals surface area contributed by atoms with Crippen LogP contribution in [0.15, 0.2) is 54.6 Å². The summed E-state index contributed by atoms with van der Waals surface area (Å²) in [5.41, 5.74) is 4.76. The van der Waals surface area contributed by atoms with Crippen LogP contribution in [-0.4, -0.2) is 43.4 Å². The second-order valence-corrected chi connectivity index (χ2v) is 9.02. The summed E-state index contributed by atoms with van der Waals surface area (Å²) >= 11 is 0. The van der Waals surface area contributed by atoms with E-state index in [2.05, 4.69) is 35.9 Å². The number of aromatic nitrogens is 2. The minimum atomic E-state index is -0.259. The number of benzene rings is 3. The highest BCUT2D eigenvalue weighted by Gasteiger charge is 2.18.